The minimum atomic E-state index is -3.42. The first-order chi connectivity index (χ1) is 16.4. The van der Waals surface area contributed by atoms with Gasteiger partial charge in [0.1, 0.15) is 18.0 Å². The molecule has 0 amide bonds. The third kappa shape index (κ3) is 6.85. The van der Waals surface area contributed by atoms with Crippen molar-refractivity contribution in [1.82, 2.24) is 9.29 Å². The first kappa shape index (κ1) is 26.3. The van der Waals surface area contributed by atoms with E-state index in [2.05, 4.69) is 15.6 Å². The Kier molecular flexibility index (Phi) is 10.0. The zero-order valence-electron chi connectivity index (χ0n) is 19.6. The molecule has 1 saturated carbocycles. The zero-order valence-corrected chi connectivity index (χ0v) is 20.4. The molecular formula is C24H39FN4O4S. The zero-order chi connectivity index (χ0) is 24.4. The van der Waals surface area contributed by atoms with Crippen LogP contribution in [-0.4, -0.2) is 49.3 Å². The fraction of sp³-hybridized carbons (Fsp3) is 0.625. The standard InChI is InChI=1S/C24H35FN4O4S.2H2/c25-13-18-29(34(32,33)20-9-5-4-6-10-20)17-8-3-1-2-7-14-27-21-22(24(31)23(21)30)28-19-11-15-26-16-12-19;;/h11-12,15-16,20,27H,1-10,13-14,17-18H2,(H,26,28);2*1H. The monoisotopic (exact) mass is 498 g/mol. The van der Waals surface area contributed by atoms with E-state index in [0.29, 0.717) is 43.7 Å². The second-order valence-corrected chi connectivity index (χ2v) is 11.1. The molecule has 0 aliphatic heterocycles. The average Bonchev–Trinajstić information content (AvgIpc) is 2.87. The highest BCUT2D eigenvalue weighted by Crippen LogP contribution is 2.26. The van der Waals surface area contributed by atoms with Crippen LogP contribution >= 0.6 is 0 Å². The van der Waals surface area contributed by atoms with Crippen LogP contribution in [0, 0.1) is 0 Å². The Balaban J connectivity index is 0.00000324. The summed E-state index contributed by atoms with van der Waals surface area (Å²) in [5, 5.41) is 5.66. The minimum absolute atomic E-state index is 0. The molecule has 0 saturated heterocycles. The molecule has 1 fully saturated rings. The molecule has 0 atom stereocenters. The molecule has 1 aliphatic rings. The van der Waals surface area contributed by atoms with Crippen LogP contribution in [0.3, 0.4) is 0 Å². The van der Waals surface area contributed by atoms with Crippen molar-refractivity contribution in [3.63, 3.8) is 0 Å². The van der Waals surface area contributed by atoms with Gasteiger partial charge in [-0.15, -0.1) is 0 Å². The van der Waals surface area contributed by atoms with Gasteiger partial charge >= 0.3 is 0 Å². The number of sulfonamides is 1. The quantitative estimate of drug-likeness (QED) is 0.280. The highest BCUT2D eigenvalue weighted by Gasteiger charge is 2.32. The molecule has 3 rings (SSSR count). The third-order valence-electron chi connectivity index (χ3n) is 6.41. The number of hydrogen-bond donors (Lipinski definition) is 2. The van der Waals surface area contributed by atoms with E-state index in [1.807, 2.05) is 0 Å². The average molecular weight is 499 g/mol. The lowest BCUT2D eigenvalue weighted by Gasteiger charge is -2.29. The van der Waals surface area contributed by atoms with Gasteiger partial charge in [0.2, 0.25) is 10.0 Å². The van der Waals surface area contributed by atoms with Crippen LogP contribution in [0.25, 0.3) is 0 Å². The second-order valence-electron chi connectivity index (χ2n) is 8.86. The number of unbranched alkanes of at least 4 members (excludes halogenated alkanes) is 4. The summed E-state index contributed by atoms with van der Waals surface area (Å²) in [6, 6.07) is 3.44. The van der Waals surface area contributed by atoms with Crippen LogP contribution in [0.4, 0.5) is 21.5 Å². The van der Waals surface area contributed by atoms with Gasteiger partial charge in [0.15, 0.2) is 0 Å². The Morgan fingerprint density at radius 1 is 0.941 bits per heavy atom. The van der Waals surface area contributed by atoms with E-state index in [1.54, 1.807) is 24.5 Å². The van der Waals surface area contributed by atoms with Crippen molar-refractivity contribution in [3.05, 3.63) is 45.0 Å². The molecule has 1 aliphatic carbocycles. The van der Waals surface area contributed by atoms with E-state index in [9.17, 15) is 22.4 Å². The molecule has 34 heavy (non-hydrogen) atoms. The number of pyridine rings is 1. The number of rotatable bonds is 15. The summed E-state index contributed by atoms with van der Waals surface area (Å²) in [5.41, 5.74) is 0.251. The van der Waals surface area contributed by atoms with Gasteiger partial charge in [-0.1, -0.05) is 38.5 Å². The molecule has 0 radical (unpaired) electrons. The number of halogens is 1. The summed E-state index contributed by atoms with van der Waals surface area (Å²) in [4.78, 5) is 27.7. The SMILES string of the molecule is O=c1c(NCCCCCCCN(CCF)S(=O)(=O)C2CCCCC2)c(Nc2ccncc2)c1=O.[HH].[HH]. The van der Waals surface area contributed by atoms with Crippen molar-refractivity contribution in [2.24, 2.45) is 0 Å². The van der Waals surface area contributed by atoms with E-state index in [4.69, 9.17) is 0 Å². The molecule has 192 valence electrons. The van der Waals surface area contributed by atoms with Gasteiger partial charge in [0, 0.05) is 40.6 Å². The van der Waals surface area contributed by atoms with Gasteiger partial charge in [-0.25, -0.2) is 12.8 Å². The normalized spacial score (nSPS) is 15.1. The molecule has 2 N–H and O–H groups in total. The summed E-state index contributed by atoms with van der Waals surface area (Å²) >= 11 is 0. The maximum absolute atomic E-state index is 13.0. The van der Waals surface area contributed by atoms with Gasteiger partial charge in [-0.3, -0.25) is 14.6 Å². The Morgan fingerprint density at radius 2 is 1.59 bits per heavy atom. The van der Waals surface area contributed by atoms with Gasteiger partial charge in [-0.05, 0) is 37.8 Å². The predicted molar refractivity (Wildman–Crippen MR) is 138 cm³/mol. The number of anilines is 3. The number of nitrogens with one attached hydrogen (secondary N) is 2. The lowest BCUT2D eigenvalue weighted by atomic mass is 10.0. The highest BCUT2D eigenvalue weighted by molar-refractivity contribution is 7.89. The summed E-state index contributed by atoms with van der Waals surface area (Å²) in [6.07, 6.45) is 11.7. The number of aromatic nitrogens is 1. The van der Waals surface area contributed by atoms with Crippen molar-refractivity contribution < 1.29 is 15.7 Å². The summed E-state index contributed by atoms with van der Waals surface area (Å²) in [7, 11) is -3.42. The number of nitrogens with zero attached hydrogens (tertiary/aromatic N) is 2. The fourth-order valence-electron chi connectivity index (χ4n) is 4.45. The maximum atomic E-state index is 13.0. The summed E-state index contributed by atoms with van der Waals surface area (Å²) < 4.78 is 40.1. The molecule has 10 heteroatoms. The largest absolute Gasteiger partial charge is 0.380 e. The van der Waals surface area contributed by atoms with E-state index in [-0.39, 0.29) is 20.3 Å². The Hall–Kier alpha value is -2.33. The van der Waals surface area contributed by atoms with Crippen LogP contribution in [0.5, 0.6) is 0 Å². The van der Waals surface area contributed by atoms with Crippen LogP contribution in [0.2, 0.25) is 0 Å². The lowest BCUT2D eigenvalue weighted by Crippen LogP contribution is -2.41. The first-order valence-corrected chi connectivity index (χ1v) is 13.7. The van der Waals surface area contributed by atoms with E-state index < -0.39 is 27.6 Å². The van der Waals surface area contributed by atoms with Gasteiger partial charge in [-0.2, -0.15) is 4.31 Å². The van der Waals surface area contributed by atoms with Crippen LogP contribution in [0.15, 0.2) is 34.1 Å². The van der Waals surface area contributed by atoms with Gasteiger partial charge < -0.3 is 10.6 Å². The molecule has 1 aromatic heterocycles. The molecule has 1 aromatic carbocycles. The van der Waals surface area contributed by atoms with Gasteiger partial charge in [0.25, 0.3) is 10.9 Å². The minimum Gasteiger partial charge on any atom is -0.380 e. The van der Waals surface area contributed by atoms with Crippen molar-refractivity contribution >= 4 is 27.1 Å². The van der Waals surface area contributed by atoms with Crippen molar-refractivity contribution in [3.8, 4) is 0 Å². The lowest BCUT2D eigenvalue weighted by molar-refractivity contribution is 0.338. The second kappa shape index (κ2) is 12.9. The first-order valence-electron chi connectivity index (χ1n) is 12.2. The highest BCUT2D eigenvalue weighted by atomic mass is 32.2. The molecule has 1 heterocycles. The summed E-state index contributed by atoms with van der Waals surface area (Å²) in [6.45, 7) is 0.224. The van der Waals surface area contributed by atoms with Crippen LogP contribution < -0.4 is 21.5 Å². The Labute approximate surface area is 203 Å². The van der Waals surface area contributed by atoms with E-state index in [0.717, 1.165) is 44.9 Å². The van der Waals surface area contributed by atoms with Crippen LogP contribution in [0.1, 0.15) is 67.1 Å². The molecule has 0 spiro atoms. The van der Waals surface area contributed by atoms with E-state index in [1.165, 1.54) is 4.31 Å². The van der Waals surface area contributed by atoms with E-state index >= 15 is 0 Å². The fourth-order valence-corrected chi connectivity index (χ4v) is 6.51. The smallest absolute Gasteiger partial charge is 0.253 e. The van der Waals surface area contributed by atoms with Crippen molar-refractivity contribution in [1.29, 1.82) is 0 Å². The number of hydrogen-bond acceptors (Lipinski definition) is 7. The van der Waals surface area contributed by atoms with Gasteiger partial charge in [0.05, 0.1) is 5.25 Å². The third-order valence-corrected chi connectivity index (χ3v) is 8.81. The molecule has 8 nitrogen and oxygen atoms in total. The number of alkyl halides is 1. The van der Waals surface area contributed by atoms with Crippen molar-refractivity contribution in [2.75, 3.05) is 36.9 Å². The Morgan fingerprint density at radius 3 is 2.29 bits per heavy atom. The topological polar surface area (TPSA) is 108 Å². The molecule has 2 aromatic rings. The molecule has 0 unspecified atom stereocenters. The molecule has 0 bridgehead atoms. The Bertz CT molecular complexity index is 1080. The summed E-state index contributed by atoms with van der Waals surface area (Å²) in [5.74, 6) is 0. The maximum Gasteiger partial charge on any atom is 0.253 e. The van der Waals surface area contributed by atoms with Crippen molar-refractivity contribution in [2.45, 2.75) is 69.5 Å². The predicted octanol–water partition coefficient (Wildman–Crippen LogP) is 4.21. The van der Waals surface area contributed by atoms with Crippen LogP contribution in [-0.2, 0) is 10.0 Å². The molecular weight excluding hydrogens is 459 g/mol.